The Morgan fingerprint density at radius 3 is 2.52 bits per heavy atom. The number of rotatable bonds is 6. The van der Waals surface area contributed by atoms with Crippen LogP contribution in [-0.4, -0.2) is 21.1 Å². The van der Waals surface area contributed by atoms with Crippen LogP contribution in [0.5, 0.6) is 23.0 Å². The monoisotopic (exact) mass is 422 g/mol. The van der Waals surface area contributed by atoms with Gasteiger partial charge in [0.2, 0.25) is 0 Å². The molecule has 0 spiro atoms. The molecule has 164 valence electrons. The van der Waals surface area contributed by atoms with Crippen LogP contribution in [0.4, 0.5) is 0 Å². The van der Waals surface area contributed by atoms with E-state index in [-0.39, 0.29) is 40.8 Å². The Morgan fingerprint density at radius 1 is 1.10 bits per heavy atom. The Bertz CT molecular complexity index is 1060. The zero-order chi connectivity index (χ0) is 22.7. The highest BCUT2D eigenvalue weighted by atomic mass is 16.5. The summed E-state index contributed by atoms with van der Waals surface area (Å²) >= 11 is 0. The average Bonchev–Trinajstić information content (AvgIpc) is 2.68. The van der Waals surface area contributed by atoms with E-state index in [9.17, 15) is 20.1 Å². The molecular weight excluding hydrogens is 392 g/mol. The van der Waals surface area contributed by atoms with E-state index in [4.69, 9.17) is 4.74 Å². The first-order valence-corrected chi connectivity index (χ1v) is 10.5. The molecular formula is C26H30O5. The minimum Gasteiger partial charge on any atom is -0.508 e. The first kappa shape index (κ1) is 22.5. The summed E-state index contributed by atoms with van der Waals surface area (Å²) in [5.41, 5.74) is 4.25. The Balaban J connectivity index is 1.84. The van der Waals surface area contributed by atoms with Gasteiger partial charge in [0.1, 0.15) is 34.7 Å². The standard InChI is InChI=1S/C26H30O5/c1-15(2)6-5-7-16(3)8-11-19-21(28)13-24-25(26(19)30)22(29)14-23(31-24)18-10-9-17(4)20(27)12-18/h6,8-10,12-13,23,27-28,30H,5,7,11,14H2,1-4H3/b16-8+/t23-/m0/s1. The predicted octanol–water partition coefficient (Wildman–Crippen LogP) is 6.05. The van der Waals surface area contributed by atoms with E-state index in [0.717, 1.165) is 24.0 Å². The van der Waals surface area contributed by atoms with E-state index < -0.39 is 6.10 Å². The molecule has 2 aromatic carbocycles. The van der Waals surface area contributed by atoms with Crippen molar-refractivity contribution >= 4 is 5.78 Å². The summed E-state index contributed by atoms with van der Waals surface area (Å²) in [6, 6.07) is 6.54. The number of hydrogen-bond donors (Lipinski definition) is 3. The number of allylic oxidation sites excluding steroid dienone is 4. The zero-order valence-electron chi connectivity index (χ0n) is 18.5. The number of ketones is 1. The van der Waals surface area contributed by atoms with Crippen molar-refractivity contribution in [3.63, 3.8) is 0 Å². The van der Waals surface area contributed by atoms with Gasteiger partial charge < -0.3 is 20.1 Å². The Kier molecular flexibility index (Phi) is 6.74. The molecule has 5 heteroatoms. The van der Waals surface area contributed by atoms with Gasteiger partial charge in [-0.1, -0.05) is 35.4 Å². The maximum atomic E-state index is 12.8. The quantitative estimate of drug-likeness (QED) is 0.493. The lowest BCUT2D eigenvalue weighted by Gasteiger charge is -2.27. The number of aryl methyl sites for hydroxylation is 1. The van der Waals surface area contributed by atoms with E-state index in [1.807, 2.05) is 13.0 Å². The lowest BCUT2D eigenvalue weighted by Crippen LogP contribution is -2.21. The average molecular weight is 423 g/mol. The van der Waals surface area contributed by atoms with Gasteiger partial charge >= 0.3 is 0 Å². The highest BCUT2D eigenvalue weighted by Crippen LogP contribution is 2.45. The molecule has 0 bridgehead atoms. The molecule has 1 aliphatic heterocycles. The first-order chi connectivity index (χ1) is 14.7. The summed E-state index contributed by atoms with van der Waals surface area (Å²) in [4.78, 5) is 12.8. The molecule has 0 saturated heterocycles. The van der Waals surface area contributed by atoms with Crippen LogP contribution < -0.4 is 4.74 Å². The molecule has 0 saturated carbocycles. The fraction of sp³-hybridized carbons (Fsp3) is 0.346. The summed E-state index contributed by atoms with van der Waals surface area (Å²) < 4.78 is 5.93. The summed E-state index contributed by atoms with van der Waals surface area (Å²) in [5, 5.41) is 31.2. The van der Waals surface area contributed by atoms with Crippen molar-refractivity contribution < 1.29 is 24.9 Å². The highest BCUT2D eigenvalue weighted by molar-refractivity contribution is 6.03. The van der Waals surface area contributed by atoms with E-state index in [1.165, 1.54) is 11.6 Å². The third-order valence-electron chi connectivity index (χ3n) is 5.62. The fourth-order valence-corrected chi connectivity index (χ4v) is 3.68. The van der Waals surface area contributed by atoms with Crippen molar-refractivity contribution in [2.75, 3.05) is 0 Å². The zero-order valence-corrected chi connectivity index (χ0v) is 18.5. The topological polar surface area (TPSA) is 87.0 Å². The number of Topliss-reactive ketones (excluding diaryl/α,β-unsaturated/α-hetero) is 1. The molecule has 0 fully saturated rings. The number of phenols is 3. The number of fused-ring (bicyclic) bond motifs is 1. The molecule has 0 amide bonds. The van der Waals surface area contributed by atoms with Crippen LogP contribution in [-0.2, 0) is 6.42 Å². The smallest absolute Gasteiger partial charge is 0.174 e. The molecule has 1 heterocycles. The van der Waals surface area contributed by atoms with E-state index in [1.54, 1.807) is 25.1 Å². The van der Waals surface area contributed by atoms with Crippen molar-refractivity contribution in [1.82, 2.24) is 0 Å². The third-order valence-corrected chi connectivity index (χ3v) is 5.62. The highest BCUT2D eigenvalue weighted by Gasteiger charge is 2.32. The minimum atomic E-state index is -0.589. The number of benzene rings is 2. The summed E-state index contributed by atoms with van der Waals surface area (Å²) in [6.07, 6.45) is 5.75. The van der Waals surface area contributed by atoms with Gasteiger partial charge in [-0.3, -0.25) is 4.79 Å². The molecule has 0 unspecified atom stereocenters. The molecule has 1 atom stereocenters. The summed E-state index contributed by atoms with van der Waals surface area (Å²) in [6.45, 7) is 7.93. The Morgan fingerprint density at radius 2 is 1.84 bits per heavy atom. The van der Waals surface area contributed by atoms with Gasteiger partial charge in [0.05, 0.1) is 6.42 Å². The maximum absolute atomic E-state index is 12.8. The van der Waals surface area contributed by atoms with E-state index in [0.29, 0.717) is 17.5 Å². The van der Waals surface area contributed by atoms with Crippen molar-refractivity contribution in [3.8, 4) is 23.0 Å². The van der Waals surface area contributed by atoms with Gasteiger partial charge in [0.15, 0.2) is 5.78 Å². The molecule has 3 rings (SSSR count). The van der Waals surface area contributed by atoms with Crippen molar-refractivity contribution in [3.05, 3.63) is 69.8 Å². The number of carbonyl (C=O) groups excluding carboxylic acids is 1. The van der Waals surface area contributed by atoms with Gasteiger partial charge in [0, 0.05) is 11.6 Å². The minimum absolute atomic E-state index is 0.0465. The molecule has 0 aromatic heterocycles. The lowest BCUT2D eigenvalue weighted by molar-refractivity contribution is 0.0844. The number of ether oxygens (including phenoxy) is 1. The van der Waals surface area contributed by atoms with Gasteiger partial charge in [-0.05, 0) is 64.2 Å². The Hall–Kier alpha value is -3.21. The molecule has 31 heavy (non-hydrogen) atoms. The third kappa shape index (κ3) is 5.10. The first-order valence-electron chi connectivity index (χ1n) is 10.5. The lowest BCUT2D eigenvalue weighted by atomic mass is 9.92. The largest absolute Gasteiger partial charge is 0.508 e. The summed E-state index contributed by atoms with van der Waals surface area (Å²) in [5.74, 6) is -0.297. The number of aromatic hydroxyl groups is 3. The SMILES string of the molecule is CC(C)=CCC/C(C)=C/Cc1c(O)cc2c(c1O)C(=O)C[C@@H](c1ccc(C)c(O)c1)O2. The molecule has 0 aliphatic carbocycles. The second-order valence-corrected chi connectivity index (χ2v) is 8.45. The van der Waals surface area contributed by atoms with Gasteiger partial charge in [-0.25, -0.2) is 0 Å². The fourth-order valence-electron chi connectivity index (χ4n) is 3.68. The molecule has 0 radical (unpaired) electrons. The van der Waals surface area contributed by atoms with Crippen molar-refractivity contribution in [2.45, 2.75) is 59.5 Å². The second-order valence-electron chi connectivity index (χ2n) is 8.45. The van der Waals surface area contributed by atoms with Crippen molar-refractivity contribution in [1.29, 1.82) is 0 Å². The predicted molar refractivity (Wildman–Crippen MR) is 121 cm³/mol. The van der Waals surface area contributed by atoms with Gasteiger partial charge in [0.25, 0.3) is 0 Å². The van der Waals surface area contributed by atoms with E-state index >= 15 is 0 Å². The van der Waals surface area contributed by atoms with Crippen LogP contribution in [0.15, 0.2) is 47.6 Å². The maximum Gasteiger partial charge on any atom is 0.174 e. The number of hydrogen-bond acceptors (Lipinski definition) is 5. The van der Waals surface area contributed by atoms with Crippen LogP contribution in [0, 0.1) is 6.92 Å². The van der Waals surface area contributed by atoms with Crippen molar-refractivity contribution in [2.24, 2.45) is 0 Å². The number of carbonyl (C=O) groups is 1. The Labute approximate surface area is 183 Å². The van der Waals surface area contributed by atoms with Gasteiger partial charge in [-0.15, -0.1) is 0 Å². The van der Waals surface area contributed by atoms with Crippen LogP contribution >= 0.6 is 0 Å². The van der Waals surface area contributed by atoms with E-state index in [2.05, 4.69) is 19.9 Å². The number of phenolic OH excluding ortho intramolecular Hbond substituents is 3. The molecule has 1 aliphatic rings. The van der Waals surface area contributed by atoms with Crippen LogP contribution in [0.3, 0.4) is 0 Å². The normalized spacial score (nSPS) is 15.9. The molecule has 3 N–H and O–H groups in total. The molecule has 5 nitrogen and oxygen atoms in total. The molecule has 2 aromatic rings. The van der Waals surface area contributed by atoms with Crippen LogP contribution in [0.2, 0.25) is 0 Å². The van der Waals surface area contributed by atoms with Gasteiger partial charge in [-0.2, -0.15) is 0 Å². The van der Waals surface area contributed by atoms with Crippen LogP contribution in [0.1, 0.15) is 73.2 Å². The summed E-state index contributed by atoms with van der Waals surface area (Å²) in [7, 11) is 0. The second kappa shape index (κ2) is 9.29. The van der Waals surface area contributed by atoms with Crippen LogP contribution in [0.25, 0.3) is 0 Å².